The molecule has 3 N–H and O–H groups in total. The predicted octanol–water partition coefficient (Wildman–Crippen LogP) is 5.80. The first-order valence-electron chi connectivity index (χ1n) is 10.8. The number of anilines is 2. The average Bonchev–Trinajstić information content (AvgIpc) is 3.18. The fourth-order valence-corrected chi connectivity index (χ4v) is 4.42. The first-order chi connectivity index (χ1) is 16.5. The van der Waals surface area contributed by atoms with E-state index in [-0.39, 0.29) is 29.3 Å². The third kappa shape index (κ3) is 3.75. The third-order valence-electron chi connectivity index (χ3n) is 6.01. The van der Waals surface area contributed by atoms with Gasteiger partial charge >= 0.3 is 11.9 Å². The minimum absolute atomic E-state index is 0.0156. The Labute approximate surface area is 196 Å². The minimum atomic E-state index is -1.33. The van der Waals surface area contributed by atoms with E-state index in [1.807, 2.05) is 66.7 Å². The van der Waals surface area contributed by atoms with Gasteiger partial charge in [0.1, 0.15) is 12.2 Å². The van der Waals surface area contributed by atoms with E-state index in [2.05, 4.69) is 5.32 Å². The number of rotatable bonds is 6. The van der Waals surface area contributed by atoms with E-state index in [0.29, 0.717) is 5.69 Å². The third-order valence-corrected chi connectivity index (χ3v) is 6.01. The summed E-state index contributed by atoms with van der Waals surface area (Å²) in [4.78, 5) is 24.9. The van der Waals surface area contributed by atoms with Crippen LogP contribution in [0.25, 0.3) is 11.1 Å². The Morgan fingerprint density at radius 1 is 0.794 bits per heavy atom. The van der Waals surface area contributed by atoms with Crippen LogP contribution >= 0.6 is 0 Å². The summed E-state index contributed by atoms with van der Waals surface area (Å²) >= 11 is 0. The van der Waals surface area contributed by atoms with Gasteiger partial charge in [-0.05, 0) is 46.5 Å². The quantitative estimate of drug-likeness (QED) is 0.253. The molecular weight excluding hydrogens is 430 g/mol. The van der Waals surface area contributed by atoms with Crippen LogP contribution in [0.1, 0.15) is 37.8 Å². The van der Waals surface area contributed by atoms with Crippen molar-refractivity contribution in [3.05, 3.63) is 113 Å². The number of phenolic OH excluding ortho intramolecular Hbond substituents is 1. The molecule has 0 amide bonds. The minimum Gasteiger partial charge on any atom is -0.505 e. The van der Waals surface area contributed by atoms with Crippen LogP contribution in [-0.2, 0) is 4.74 Å². The normalized spacial score (nSPS) is 12.0. The van der Waals surface area contributed by atoms with Gasteiger partial charge in [-0.2, -0.15) is 0 Å². The number of carbonyl (C=O) groups excluding carboxylic acids is 1. The Balaban J connectivity index is 1.45. The molecule has 0 unspecified atom stereocenters. The second-order valence-electron chi connectivity index (χ2n) is 8.01. The van der Waals surface area contributed by atoms with Crippen LogP contribution in [0.2, 0.25) is 0 Å². The summed E-state index contributed by atoms with van der Waals surface area (Å²) in [6, 6.07) is 27.6. The van der Waals surface area contributed by atoms with Crippen molar-refractivity contribution in [3.8, 4) is 16.9 Å². The Kier molecular flexibility index (Phi) is 5.47. The van der Waals surface area contributed by atoms with Gasteiger partial charge in [-0.25, -0.2) is 9.59 Å². The highest BCUT2D eigenvalue weighted by molar-refractivity contribution is 6.06. The van der Waals surface area contributed by atoms with E-state index in [1.165, 1.54) is 12.1 Å². The van der Waals surface area contributed by atoms with Gasteiger partial charge in [0.2, 0.25) is 0 Å². The molecule has 1 aliphatic carbocycles. The van der Waals surface area contributed by atoms with Crippen LogP contribution in [0.4, 0.5) is 11.4 Å². The summed E-state index contributed by atoms with van der Waals surface area (Å²) in [5, 5.41) is 23.5. The van der Waals surface area contributed by atoms with Crippen molar-refractivity contribution in [3.63, 3.8) is 0 Å². The van der Waals surface area contributed by atoms with Gasteiger partial charge in [-0.15, -0.1) is 0 Å². The summed E-state index contributed by atoms with van der Waals surface area (Å²) in [5.74, 6) is -2.88. The highest BCUT2D eigenvalue weighted by atomic mass is 16.5. The molecule has 0 heterocycles. The molecule has 4 aromatic rings. The van der Waals surface area contributed by atoms with Crippen molar-refractivity contribution in [2.24, 2.45) is 0 Å². The Bertz CT molecular complexity index is 1350. The molecule has 0 saturated carbocycles. The van der Waals surface area contributed by atoms with E-state index < -0.39 is 17.7 Å². The largest absolute Gasteiger partial charge is 0.505 e. The number of phenols is 1. The van der Waals surface area contributed by atoms with Gasteiger partial charge in [0.15, 0.2) is 5.75 Å². The zero-order valence-electron chi connectivity index (χ0n) is 18.1. The number of aromatic carboxylic acids is 1. The number of aromatic hydroxyl groups is 1. The average molecular weight is 451 g/mol. The summed E-state index contributed by atoms with van der Waals surface area (Å²) in [6.07, 6.45) is 0. The van der Waals surface area contributed by atoms with Crippen molar-refractivity contribution < 1.29 is 24.5 Å². The number of nitrogens with one attached hydrogen (secondary N) is 1. The maximum Gasteiger partial charge on any atom is 0.342 e. The van der Waals surface area contributed by atoms with Gasteiger partial charge in [0, 0.05) is 11.6 Å². The molecular formula is C28H21NO5. The number of ether oxygens (including phenoxy) is 1. The lowest BCUT2D eigenvalue weighted by atomic mass is 9.98. The molecule has 0 aliphatic heterocycles. The van der Waals surface area contributed by atoms with Crippen molar-refractivity contribution >= 4 is 23.3 Å². The molecule has 6 nitrogen and oxygen atoms in total. The monoisotopic (exact) mass is 451 g/mol. The highest BCUT2D eigenvalue weighted by Crippen LogP contribution is 2.44. The number of fused-ring (bicyclic) bond motifs is 3. The first-order valence-corrected chi connectivity index (χ1v) is 10.8. The van der Waals surface area contributed by atoms with Crippen molar-refractivity contribution in [1.82, 2.24) is 0 Å². The molecule has 0 fully saturated rings. The van der Waals surface area contributed by atoms with Crippen molar-refractivity contribution in [1.29, 1.82) is 0 Å². The van der Waals surface area contributed by atoms with E-state index >= 15 is 0 Å². The van der Waals surface area contributed by atoms with Crippen LogP contribution in [0.5, 0.6) is 5.75 Å². The van der Waals surface area contributed by atoms with E-state index in [1.54, 1.807) is 12.1 Å². The molecule has 168 valence electrons. The molecule has 4 aromatic carbocycles. The van der Waals surface area contributed by atoms with Crippen molar-refractivity contribution in [2.45, 2.75) is 5.92 Å². The number of carboxylic acid groups (broad SMARTS) is 1. The Morgan fingerprint density at radius 3 is 2.00 bits per heavy atom. The van der Waals surface area contributed by atoms with Gasteiger partial charge in [0.25, 0.3) is 0 Å². The maximum absolute atomic E-state index is 13.1. The number of para-hydroxylation sites is 1. The molecule has 0 atom stereocenters. The van der Waals surface area contributed by atoms with E-state index in [4.69, 9.17) is 4.74 Å². The van der Waals surface area contributed by atoms with Gasteiger partial charge in [0.05, 0.1) is 11.3 Å². The standard InChI is InChI=1S/C28H21NO5/c30-26-24(29-17-8-2-1-3-9-17)15-14-22(27(31)32)25(26)28(33)34-16-23-20-12-6-4-10-18(20)19-11-5-7-13-21(19)23/h1-15,23,29-30H,16H2,(H,31,32). The van der Waals surface area contributed by atoms with Crippen molar-refractivity contribution in [2.75, 3.05) is 11.9 Å². The molecule has 6 heteroatoms. The number of hydrogen-bond donors (Lipinski definition) is 3. The molecule has 1 aliphatic rings. The number of benzene rings is 4. The van der Waals surface area contributed by atoms with Crippen LogP contribution < -0.4 is 5.32 Å². The van der Waals surface area contributed by atoms with Gasteiger partial charge in [-0.1, -0.05) is 66.7 Å². The zero-order chi connectivity index (χ0) is 23.7. The lowest BCUT2D eigenvalue weighted by Gasteiger charge is -2.17. The lowest BCUT2D eigenvalue weighted by molar-refractivity contribution is 0.0480. The van der Waals surface area contributed by atoms with Crippen LogP contribution in [0.15, 0.2) is 91.0 Å². The summed E-state index contributed by atoms with van der Waals surface area (Å²) in [6.45, 7) is 0.0156. The maximum atomic E-state index is 13.1. The molecule has 0 saturated heterocycles. The van der Waals surface area contributed by atoms with E-state index in [9.17, 15) is 19.8 Å². The summed E-state index contributed by atoms with van der Waals surface area (Å²) in [7, 11) is 0. The molecule has 34 heavy (non-hydrogen) atoms. The summed E-state index contributed by atoms with van der Waals surface area (Å²) < 4.78 is 5.61. The first kappa shape index (κ1) is 21.3. The highest BCUT2D eigenvalue weighted by Gasteiger charge is 2.31. The number of esters is 1. The van der Waals surface area contributed by atoms with Crippen LogP contribution in [0, 0.1) is 0 Å². The molecule has 5 rings (SSSR count). The summed E-state index contributed by atoms with van der Waals surface area (Å²) in [5.41, 5.74) is 4.43. The fraction of sp³-hybridized carbons (Fsp3) is 0.0714. The number of hydrogen-bond acceptors (Lipinski definition) is 5. The Hall–Kier alpha value is -4.58. The zero-order valence-corrected chi connectivity index (χ0v) is 18.1. The molecule has 0 bridgehead atoms. The Morgan fingerprint density at radius 2 is 1.38 bits per heavy atom. The molecule has 0 radical (unpaired) electrons. The second-order valence-corrected chi connectivity index (χ2v) is 8.01. The topological polar surface area (TPSA) is 95.9 Å². The second kappa shape index (κ2) is 8.75. The smallest absolute Gasteiger partial charge is 0.342 e. The lowest BCUT2D eigenvalue weighted by Crippen LogP contribution is -2.16. The number of carbonyl (C=O) groups is 2. The van der Waals surface area contributed by atoms with Crippen LogP contribution in [-0.4, -0.2) is 28.8 Å². The van der Waals surface area contributed by atoms with Gasteiger partial charge in [-0.3, -0.25) is 0 Å². The fourth-order valence-electron chi connectivity index (χ4n) is 4.42. The van der Waals surface area contributed by atoms with Gasteiger partial charge < -0.3 is 20.3 Å². The number of carboxylic acids is 1. The van der Waals surface area contributed by atoms with E-state index in [0.717, 1.165) is 22.3 Å². The SMILES string of the molecule is O=C(O)c1ccc(Nc2ccccc2)c(O)c1C(=O)OCC1c2ccccc2-c2ccccc21. The predicted molar refractivity (Wildman–Crippen MR) is 129 cm³/mol. The molecule has 0 spiro atoms. The van der Waals surface area contributed by atoms with Crippen LogP contribution in [0.3, 0.4) is 0 Å². The molecule has 0 aromatic heterocycles.